The number of anilines is 1. The lowest BCUT2D eigenvalue weighted by Crippen LogP contribution is -2.16. The maximum atomic E-state index is 12.2. The number of benzene rings is 1. The van der Waals surface area contributed by atoms with E-state index >= 15 is 0 Å². The molecule has 1 amide bonds. The highest BCUT2D eigenvalue weighted by atomic mass is 35.5. The second-order valence-corrected chi connectivity index (χ2v) is 7.06. The summed E-state index contributed by atoms with van der Waals surface area (Å²) in [6, 6.07) is 8.28. The fourth-order valence-corrected chi connectivity index (χ4v) is 3.58. The minimum absolute atomic E-state index is 0.206. The number of amides is 1. The third-order valence-corrected chi connectivity index (χ3v) is 5.05. The van der Waals surface area contributed by atoms with Crippen LogP contribution in [0.5, 0.6) is 5.88 Å². The molecule has 0 bridgehead atoms. The number of pyridine rings is 1. The van der Waals surface area contributed by atoms with E-state index in [0.29, 0.717) is 27.2 Å². The van der Waals surface area contributed by atoms with Gasteiger partial charge in [-0.3, -0.25) is 4.79 Å². The quantitative estimate of drug-likeness (QED) is 0.861. The van der Waals surface area contributed by atoms with Crippen LogP contribution < -0.4 is 10.1 Å². The second-order valence-electron chi connectivity index (χ2n) is 5.07. The van der Waals surface area contributed by atoms with Gasteiger partial charge in [-0.1, -0.05) is 23.2 Å². The first-order valence-corrected chi connectivity index (χ1v) is 9.00. The summed E-state index contributed by atoms with van der Waals surface area (Å²) in [4.78, 5) is 16.4. The van der Waals surface area contributed by atoms with E-state index in [1.54, 1.807) is 30.3 Å². The molecule has 0 spiro atoms. The number of rotatable bonds is 4. The van der Waals surface area contributed by atoms with Crippen LogP contribution in [0.2, 0.25) is 10.0 Å². The molecule has 4 nitrogen and oxygen atoms in total. The molecule has 1 aromatic heterocycles. The van der Waals surface area contributed by atoms with E-state index in [-0.39, 0.29) is 12.0 Å². The molecule has 1 fully saturated rings. The molecule has 0 radical (unpaired) electrons. The molecule has 120 valence electrons. The maximum absolute atomic E-state index is 12.2. The second kappa shape index (κ2) is 7.43. The fraction of sp³-hybridized carbons (Fsp3) is 0.250. The van der Waals surface area contributed by atoms with Crippen molar-refractivity contribution in [2.24, 2.45) is 0 Å². The van der Waals surface area contributed by atoms with E-state index in [1.807, 2.05) is 11.8 Å². The standard InChI is InChI=1S/C16H14Cl2N2O2S/c17-11-2-3-13(18)14(7-11)20-16(21)10-1-4-15(19-8-10)22-12-5-6-23-9-12/h1-4,7-8,12H,5-6,9H2,(H,20,21). The van der Waals surface area contributed by atoms with Crippen LogP contribution in [0, 0.1) is 0 Å². The molecule has 7 heteroatoms. The van der Waals surface area contributed by atoms with Crippen LogP contribution in [-0.2, 0) is 0 Å². The lowest BCUT2D eigenvalue weighted by atomic mass is 10.2. The Hall–Kier alpha value is -1.43. The van der Waals surface area contributed by atoms with E-state index in [4.69, 9.17) is 27.9 Å². The van der Waals surface area contributed by atoms with Crippen molar-refractivity contribution in [3.05, 3.63) is 52.1 Å². The van der Waals surface area contributed by atoms with Crippen LogP contribution in [0.15, 0.2) is 36.5 Å². The predicted molar refractivity (Wildman–Crippen MR) is 95.0 cm³/mol. The summed E-state index contributed by atoms with van der Waals surface area (Å²) in [5.74, 6) is 2.34. The number of carbonyl (C=O) groups excluding carboxylic acids is 1. The van der Waals surface area contributed by atoms with E-state index in [0.717, 1.165) is 17.9 Å². The molecule has 1 N–H and O–H groups in total. The Labute approximate surface area is 148 Å². The van der Waals surface area contributed by atoms with Crippen molar-refractivity contribution >= 4 is 46.6 Å². The van der Waals surface area contributed by atoms with Gasteiger partial charge >= 0.3 is 0 Å². The van der Waals surface area contributed by atoms with E-state index in [2.05, 4.69) is 10.3 Å². The smallest absolute Gasteiger partial charge is 0.257 e. The molecule has 2 heterocycles. The van der Waals surface area contributed by atoms with Crippen LogP contribution in [0.3, 0.4) is 0 Å². The van der Waals surface area contributed by atoms with Crippen LogP contribution >= 0.6 is 35.0 Å². The van der Waals surface area contributed by atoms with Crippen molar-refractivity contribution in [2.75, 3.05) is 16.8 Å². The number of halogens is 2. The summed E-state index contributed by atoms with van der Waals surface area (Å²) in [6.45, 7) is 0. The minimum atomic E-state index is -0.301. The Bertz CT molecular complexity index is 704. The zero-order valence-electron chi connectivity index (χ0n) is 12.1. The third-order valence-electron chi connectivity index (χ3n) is 3.35. The Morgan fingerprint density at radius 2 is 2.17 bits per heavy atom. The van der Waals surface area contributed by atoms with Gasteiger partial charge in [-0.15, -0.1) is 0 Å². The summed E-state index contributed by atoms with van der Waals surface area (Å²) in [6.07, 6.45) is 2.73. The monoisotopic (exact) mass is 368 g/mol. The fourth-order valence-electron chi connectivity index (χ4n) is 2.15. The number of aromatic nitrogens is 1. The molecule has 1 atom stereocenters. The first-order chi connectivity index (χ1) is 11.1. The molecule has 1 saturated heterocycles. The number of nitrogens with zero attached hydrogens (tertiary/aromatic N) is 1. The van der Waals surface area contributed by atoms with Crippen LogP contribution in [0.4, 0.5) is 5.69 Å². The summed E-state index contributed by atoms with van der Waals surface area (Å²) in [5, 5.41) is 3.65. The van der Waals surface area contributed by atoms with Gasteiger partial charge in [0.1, 0.15) is 6.10 Å². The molecule has 1 aromatic carbocycles. The molecule has 1 aliphatic rings. The number of nitrogens with one attached hydrogen (secondary N) is 1. The number of hydrogen-bond acceptors (Lipinski definition) is 4. The maximum Gasteiger partial charge on any atom is 0.257 e. The molecule has 0 aliphatic carbocycles. The number of hydrogen-bond donors (Lipinski definition) is 1. The lowest BCUT2D eigenvalue weighted by Gasteiger charge is -2.12. The van der Waals surface area contributed by atoms with E-state index < -0.39 is 0 Å². The first-order valence-electron chi connectivity index (χ1n) is 7.08. The molecule has 1 aliphatic heterocycles. The minimum Gasteiger partial charge on any atom is -0.473 e. The van der Waals surface area contributed by atoms with Gasteiger partial charge in [0.25, 0.3) is 5.91 Å². The van der Waals surface area contributed by atoms with Gasteiger partial charge in [0.05, 0.1) is 16.3 Å². The predicted octanol–water partition coefficient (Wildman–Crippen LogP) is 4.53. The van der Waals surface area contributed by atoms with Crippen molar-refractivity contribution < 1.29 is 9.53 Å². The zero-order valence-corrected chi connectivity index (χ0v) is 14.4. The van der Waals surface area contributed by atoms with Gasteiger partial charge in [-0.2, -0.15) is 11.8 Å². The number of carbonyl (C=O) groups is 1. The van der Waals surface area contributed by atoms with Gasteiger partial charge in [-0.05, 0) is 36.4 Å². The highest BCUT2D eigenvalue weighted by Gasteiger charge is 2.17. The van der Waals surface area contributed by atoms with Gasteiger partial charge in [0.2, 0.25) is 5.88 Å². The Morgan fingerprint density at radius 3 is 2.87 bits per heavy atom. The molecule has 3 rings (SSSR count). The topological polar surface area (TPSA) is 51.2 Å². The first kappa shape index (κ1) is 16.4. The third kappa shape index (κ3) is 4.31. The molecular formula is C16H14Cl2N2O2S. The molecule has 1 unspecified atom stereocenters. The Balaban J connectivity index is 1.66. The van der Waals surface area contributed by atoms with Crippen LogP contribution in [0.25, 0.3) is 0 Å². The zero-order chi connectivity index (χ0) is 16.2. The van der Waals surface area contributed by atoms with Crippen molar-refractivity contribution in [3.63, 3.8) is 0 Å². The normalized spacial score (nSPS) is 17.0. The van der Waals surface area contributed by atoms with Crippen LogP contribution in [-0.4, -0.2) is 28.5 Å². The van der Waals surface area contributed by atoms with Crippen molar-refractivity contribution in [2.45, 2.75) is 12.5 Å². The average Bonchev–Trinajstić information content (AvgIpc) is 3.04. The number of ether oxygens (including phenoxy) is 1. The van der Waals surface area contributed by atoms with Crippen molar-refractivity contribution in [1.82, 2.24) is 4.98 Å². The van der Waals surface area contributed by atoms with Gasteiger partial charge in [0.15, 0.2) is 0 Å². The number of thioether (sulfide) groups is 1. The summed E-state index contributed by atoms with van der Waals surface area (Å²) >= 11 is 13.8. The van der Waals surface area contributed by atoms with Gasteiger partial charge < -0.3 is 10.1 Å². The summed E-state index contributed by atoms with van der Waals surface area (Å²) in [7, 11) is 0. The summed E-state index contributed by atoms with van der Waals surface area (Å²) in [5.41, 5.74) is 0.890. The highest BCUT2D eigenvalue weighted by molar-refractivity contribution is 7.99. The molecule has 2 aromatic rings. The van der Waals surface area contributed by atoms with E-state index in [9.17, 15) is 4.79 Å². The average molecular weight is 369 g/mol. The highest BCUT2D eigenvalue weighted by Crippen LogP contribution is 2.26. The largest absolute Gasteiger partial charge is 0.473 e. The molecular weight excluding hydrogens is 355 g/mol. The Kier molecular flexibility index (Phi) is 5.30. The van der Waals surface area contributed by atoms with Crippen molar-refractivity contribution in [3.8, 4) is 5.88 Å². The molecule has 0 saturated carbocycles. The van der Waals surface area contributed by atoms with Gasteiger partial charge in [-0.25, -0.2) is 4.98 Å². The molecule has 23 heavy (non-hydrogen) atoms. The Morgan fingerprint density at radius 1 is 1.30 bits per heavy atom. The van der Waals surface area contributed by atoms with E-state index in [1.165, 1.54) is 6.20 Å². The lowest BCUT2D eigenvalue weighted by molar-refractivity contribution is 0.102. The summed E-state index contributed by atoms with van der Waals surface area (Å²) < 4.78 is 5.76. The SMILES string of the molecule is O=C(Nc1cc(Cl)ccc1Cl)c1ccc(OC2CCSC2)nc1. The van der Waals surface area contributed by atoms with Crippen LogP contribution in [0.1, 0.15) is 16.8 Å². The van der Waals surface area contributed by atoms with Crippen molar-refractivity contribution in [1.29, 1.82) is 0 Å². The van der Waals surface area contributed by atoms with Gasteiger partial charge in [0, 0.05) is 23.0 Å².